The predicted octanol–water partition coefficient (Wildman–Crippen LogP) is 7.57. The molecule has 0 unspecified atom stereocenters. The fourth-order valence-electron chi connectivity index (χ4n) is 3.44. The second kappa shape index (κ2) is 6.05. The summed E-state index contributed by atoms with van der Waals surface area (Å²) in [5.41, 5.74) is 6.52. The summed E-state index contributed by atoms with van der Waals surface area (Å²) in [4.78, 5) is 0. The molecule has 5 rings (SSSR count). The Kier molecular flexibility index (Phi) is 3.55. The van der Waals surface area contributed by atoms with Crippen LogP contribution in [0.2, 0.25) is 5.02 Å². The van der Waals surface area contributed by atoms with E-state index in [1.807, 2.05) is 30.3 Å². The van der Waals surface area contributed by atoms with E-state index in [1.54, 1.807) is 0 Å². The van der Waals surface area contributed by atoms with Gasteiger partial charge in [-0.05, 0) is 58.7 Å². The van der Waals surface area contributed by atoms with Crippen molar-refractivity contribution in [2.24, 2.45) is 0 Å². The molecule has 1 heterocycles. The lowest BCUT2D eigenvalue weighted by atomic mass is 9.98. The third-order valence-corrected chi connectivity index (χ3v) is 4.97. The Labute approximate surface area is 156 Å². The van der Waals surface area contributed by atoms with E-state index in [0.29, 0.717) is 0 Å². The van der Waals surface area contributed by atoms with Crippen molar-refractivity contribution in [3.8, 4) is 22.3 Å². The van der Waals surface area contributed by atoms with Gasteiger partial charge in [-0.3, -0.25) is 0 Å². The Hall–Kier alpha value is -3.03. The Morgan fingerprint density at radius 3 is 1.92 bits per heavy atom. The first-order valence-electron chi connectivity index (χ1n) is 8.56. The lowest BCUT2D eigenvalue weighted by Crippen LogP contribution is -1.81. The van der Waals surface area contributed by atoms with E-state index in [-0.39, 0.29) is 0 Å². The van der Waals surface area contributed by atoms with Gasteiger partial charge in [-0.25, -0.2) is 0 Å². The smallest absolute Gasteiger partial charge is 0.135 e. The Morgan fingerprint density at radius 2 is 1.12 bits per heavy atom. The van der Waals surface area contributed by atoms with E-state index in [0.717, 1.165) is 32.5 Å². The van der Waals surface area contributed by atoms with Crippen LogP contribution in [0.15, 0.2) is 95.4 Å². The molecule has 26 heavy (non-hydrogen) atoms. The minimum atomic E-state index is 0.719. The van der Waals surface area contributed by atoms with Crippen molar-refractivity contribution < 1.29 is 4.42 Å². The normalized spacial score (nSPS) is 11.3. The van der Waals surface area contributed by atoms with E-state index in [1.165, 1.54) is 16.7 Å². The largest absolute Gasteiger partial charge is 0.456 e. The Bertz CT molecular complexity index is 1240. The summed E-state index contributed by atoms with van der Waals surface area (Å²) in [5.74, 6) is 0. The third kappa shape index (κ3) is 2.58. The topological polar surface area (TPSA) is 13.1 Å². The van der Waals surface area contributed by atoms with Crippen molar-refractivity contribution in [2.45, 2.75) is 0 Å². The van der Waals surface area contributed by atoms with E-state index < -0.39 is 0 Å². The molecule has 0 atom stereocenters. The van der Waals surface area contributed by atoms with Crippen molar-refractivity contribution in [1.82, 2.24) is 0 Å². The molecule has 0 saturated carbocycles. The molecule has 0 N–H and O–H groups in total. The highest BCUT2D eigenvalue weighted by molar-refractivity contribution is 6.31. The first kappa shape index (κ1) is 15.2. The van der Waals surface area contributed by atoms with Crippen LogP contribution in [0.5, 0.6) is 0 Å². The van der Waals surface area contributed by atoms with Crippen LogP contribution in [0, 0.1) is 0 Å². The predicted molar refractivity (Wildman–Crippen MR) is 110 cm³/mol. The zero-order valence-corrected chi connectivity index (χ0v) is 14.7. The molecule has 0 fully saturated rings. The summed E-state index contributed by atoms with van der Waals surface area (Å²) in [7, 11) is 0. The molecule has 0 bridgehead atoms. The van der Waals surface area contributed by atoms with Crippen molar-refractivity contribution in [3.05, 3.63) is 96.0 Å². The quantitative estimate of drug-likeness (QED) is 0.318. The fraction of sp³-hybridized carbons (Fsp3) is 0. The number of halogens is 1. The molecule has 124 valence electrons. The van der Waals surface area contributed by atoms with Crippen molar-refractivity contribution in [2.75, 3.05) is 0 Å². The highest BCUT2D eigenvalue weighted by Crippen LogP contribution is 2.34. The number of fused-ring (bicyclic) bond motifs is 3. The highest BCUT2D eigenvalue weighted by atomic mass is 35.5. The van der Waals surface area contributed by atoms with Gasteiger partial charge in [-0.2, -0.15) is 0 Å². The SMILES string of the molecule is Clc1ccc2oc3ccc(-c4cccc(-c5ccccc5)c4)cc3c2c1. The molecule has 5 aromatic rings. The molecule has 0 aliphatic carbocycles. The Balaban J connectivity index is 1.67. The van der Waals surface area contributed by atoms with Crippen LogP contribution >= 0.6 is 11.6 Å². The van der Waals surface area contributed by atoms with Gasteiger partial charge in [0, 0.05) is 15.8 Å². The van der Waals surface area contributed by atoms with Gasteiger partial charge >= 0.3 is 0 Å². The van der Waals surface area contributed by atoms with E-state index in [9.17, 15) is 0 Å². The van der Waals surface area contributed by atoms with Crippen LogP contribution in [-0.2, 0) is 0 Å². The maximum absolute atomic E-state index is 6.18. The second-order valence-corrected chi connectivity index (χ2v) is 6.84. The average Bonchev–Trinajstić information content (AvgIpc) is 3.06. The number of rotatable bonds is 2. The van der Waals surface area contributed by atoms with Crippen LogP contribution in [0.4, 0.5) is 0 Å². The van der Waals surface area contributed by atoms with Crippen LogP contribution in [0.1, 0.15) is 0 Å². The van der Waals surface area contributed by atoms with E-state index in [2.05, 4.69) is 60.7 Å². The molecular weight excluding hydrogens is 340 g/mol. The maximum Gasteiger partial charge on any atom is 0.135 e. The number of hydrogen-bond donors (Lipinski definition) is 0. The summed E-state index contributed by atoms with van der Waals surface area (Å²) in [6.07, 6.45) is 0. The number of hydrogen-bond acceptors (Lipinski definition) is 1. The molecule has 0 amide bonds. The van der Waals surface area contributed by atoms with Gasteiger partial charge in [0.2, 0.25) is 0 Å². The molecule has 0 radical (unpaired) electrons. The number of furan rings is 1. The van der Waals surface area contributed by atoms with Gasteiger partial charge < -0.3 is 4.42 Å². The van der Waals surface area contributed by atoms with Crippen molar-refractivity contribution in [1.29, 1.82) is 0 Å². The molecule has 1 aromatic heterocycles. The molecule has 0 spiro atoms. The standard InChI is InChI=1S/C24H15ClO/c25-20-10-12-24-22(15-20)21-14-19(9-11-23(21)26-24)18-8-4-7-17(13-18)16-5-2-1-3-6-16/h1-15H. The van der Waals surface area contributed by atoms with Crippen LogP contribution in [0.25, 0.3) is 44.2 Å². The van der Waals surface area contributed by atoms with E-state index >= 15 is 0 Å². The van der Waals surface area contributed by atoms with Gasteiger partial charge in [0.1, 0.15) is 11.2 Å². The zero-order valence-electron chi connectivity index (χ0n) is 13.9. The van der Waals surface area contributed by atoms with Crippen molar-refractivity contribution >= 4 is 33.5 Å². The summed E-state index contributed by atoms with van der Waals surface area (Å²) < 4.78 is 5.93. The van der Waals surface area contributed by atoms with Crippen molar-refractivity contribution in [3.63, 3.8) is 0 Å². The summed E-state index contributed by atoms with van der Waals surface area (Å²) >= 11 is 6.18. The Morgan fingerprint density at radius 1 is 0.500 bits per heavy atom. The summed E-state index contributed by atoms with van der Waals surface area (Å²) in [6.45, 7) is 0. The molecule has 0 saturated heterocycles. The van der Waals surface area contributed by atoms with Gasteiger partial charge in [-0.1, -0.05) is 66.2 Å². The minimum Gasteiger partial charge on any atom is -0.456 e. The van der Waals surface area contributed by atoms with Gasteiger partial charge in [0.15, 0.2) is 0 Å². The molecule has 0 aliphatic heterocycles. The zero-order chi connectivity index (χ0) is 17.5. The molecule has 2 heteroatoms. The first-order valence-corrected chi connectivity index (χ1v) is 8.93. The van der Waals surface area contributed by atoms with Crippen LogP contribution < -0.4 is 0 Å². The molecule has 1 nitrogen and oxygen atoms in total. The monoisotopic (exact) mass is 354 g/mol. The fourth-order valence-corrected chi connectivity index (χ4v) is 3.61. The lowest BCUT2D eigenvalue weighted by Gasteiger charge is -2.06. The number of benzene rings is 4. The summed E-state index contributed by atoms with van der Waals surface area (Å²) in [6, 6.07) is 31.1. The molecular formula is C24H15ClO. The van der Waals surface area contributed by atoms with Crippen LogP contribution in [0.3, 0.4) is 0 Å². The van der Waals surface area contributed by atoms with Gasteiger partial charge in [0.05, 0.1) is 0 Å². The van der Waals surface area contributed by atoms with Crippen LogP contribution in [-0.4, -0.2) is 0 Å². The van der Waals surface area contributed by atoms with Gasteiger partial charge in [-0.15, -0.1) is 0 Å². The highest BCUT2D eigenvalue weighted by Gasteiger charge is 2.09. The van der Waals surface area contributed by atoms with Gasteiger partial charge in [0.25, 0.3) is 0 Å². The first-order chi connectivity index (χ1) is 12.8. The summed E-state index contributed by atoms with van der Waals surface area (Å²) in [5, 5.41) is 2.86. The second-order valence-electron chi connectivity index (χ2n) is 6.40. The lowest BCUT2D eigenvalue weighted by molar-refractivity contribution is 0.669. The maximum atomic E-state index is 6.18. The average molecular weight is 355 g/mol. The molecule has 4 aromatic carbocycles. The minimum absolute atomic E-state index is 0.719. The third-order valence-electron chi connectivity index (χ3n) is 4.73. The molecule has 0 aliphatic rings. The van der Waals surface area contributed by atoms with E-state index in [4.69, 9.17) is 16.0 Å².